The Kier molecular flexibility index (Phi) is 5.01. The average Bonchev–Trinajstić information content (AvgIpc) is 2.89. The number of piperazine rings is 1. The van der Waals surface area contributed by atoms with Gasteiger partial charge in [0.2, 0.25) is 5.91 Å². The fourth-order valence-electron chi connectivity index (χ4n) is 3.07. The average molecular weight is 360 g/mol. The van der Waals surface area contributed by atoms with E-state index in [-0.39, 0.29) is 24.4 Å². The predicted molar refractivity (Wildman–Crippen MR) is 97.0 cm³/mol. The van der Waals surface area contributed by atoms with Gasteiger partial charge in [-0.3, -0.25) is 9.36 Å². The Bertz CT molecular complexity index is 875. The van der Waals surface area contributed by atoms with E-state index in [1.54, 1.807) is 29.0 Å². The van der Waals surface area contributed by atoms with Gasteiger partial charge in [-0.15, -0.1) is 0 Å². The zero-order valence-electron chi connectivity index (χ0n) is 15.3. The van der Waals surface area contributed by atoms with Crippen LogP contribution >= 0.6 is 0 Å². The highest BCUT2D eigenvalue weighted by Crippen LogP contribution is 2.15. The molecule has 0 bridgehead atoms. The molecule has 0 spiro atoms. The summed E-state index contributed by atoms with van der Waals surface area (Å²) < 4.78 is 6.53. The Balaban J connectivity index is 1.60. The molecule has 1 N–H and O–H groups in total. The maximum Gasteiger partial charge on any atom is 0.419 e. The van der Waals surface area contributed by atoms with E-state index in [1.165, 1.54) is 4.57 Å². The van der Waals surface area contributed by atoms with Crippen LogP contribution < -0.4 is 11.1 Å². The zero-order chi connectivity index (χ0) is 18.8. The Morgan fingerprint density at radius 3 is 2.46 bits per heavy atom. The Morgan fingerprint density at radius 2 is 1.81 bits per heavy atom. The number of rotatable bonds is 3. The zero-order valence-corrected chi connectivity index (χ0v) is 15.3. The molecule has 1 aliphatic rings. The number of amides is 3. The third-order valence-corrected chi connectivity index (χ3v) is 4.54. The SMILES string of the molecule is CC(C)NC(=O)N1CCN(C(=O)Cc2ccc3oc(=O)n(C)c3c2)CC1. The second-order valence-electron chi connectivity index (χ2n) is 6.88. The van der Waals surface area contributed by atoms with Crippen molar-refractivity contribution < 1.29 is 14.0 Å². The first-order valence-corrected chi connectivity index (χ1v) is 8.77. The van der Waals surface area contributed by atoms with E-state index in [4.69, 9.17) is 4.42 Å². The second kappa shape index (κ2) is 7.23. The van der Waals surface area contributed by atoms with Crippen molar-refractivity contribution in [2.45, 2.75) is 26.3 Å². The molecule has 0 saturated carbocycles. The number of hydrogen-bond acceptors (Lipinski definition) is 4. The number of hydrogen-bond donors (Lipinski definition) is 1. The van der Waals surface area contributed by atoms with Crippen LogP contribution in [0, 0.1) is 0 Å². The fraction of sp³-hybridized carbons (Fsp3) is 0.500. The number of urea groups is 1. The summed E-state index contributed by atoms with van der Waals surface area (Å²) in [4.78, 5) is 39.6. The number of benzene rings is 1. The van der Waals surface area contributed by atoms with Gasteiger partial charge in [0.15, 0.2) is 5.58 Å². The van der Waals surface area contributed by atoms with E-state index >= 15 is 0 Å². The van der Waals surface area contributed by atoms with Crippen LogP contribution in [-0.2, 0) is 18.3 Å². The molecule has 1 aliphatic heterocycles. The van der Waals surface area contributed by atoms with Crippen LogP contribution in [-0.4, -0.2) is 58.5 Å². The van der Waals surface area contributed by atoms with Gasteiger partial charge in [-0.1, -0.05) is 6.07 Å². The van der Waals surface area contributed by atoms with Gasteiger partial charge in [-0.25, -0.2) is 9.59 Å². The Labute approximate surface area is 151 Å². The number of carbonyl (C=O) groups is 2. The molecule has 1 saturated heterocycles. The molecule has 140 valence electrons. The van der Waals surface area contributed by atoms with E-state index < -0.39 is 5.76 Å². The van der Waals surface area contributed by atoms with Crippen LogP contribution in [0.4, 0.5) is 4.79 Å². The van der Waals surface area contributed by atoms with Crippen molar-refractivity contribution in [2.24, 2.45) is 7.05 Å². The van der Waals surface area contributed by atoms with Crippen molar-refractivity contribution in [1.29, 1.82) is 0 Å². The molecule has 0 atom stereocenters. The summed E-state index contributed by atoms with van der Waals surface area (Å²) in [5.74, 6) is -0.402. The molecule has 8 heteroatoms. The lowest BCUT2D eigenvalue weighted by Crippen LogP contribution is -2.54. The van der Waals surface area contributed by atoms with Gasteiger partial charge < -0.3 is 19.5 Å². The van der Waals surface area contributed by atoms with Crippen molar-refractivity contribution in [1.82, 2.24) is 19.7 Å². The first-order chi connectivity index (χ1) is 12.3. The van der Waals surface area contributed by atoms with Crippen molar-refractivity contribution in [2.75, 3.05) is 26.2 Å². The van der Waals surface area contributed by atoms with Gasteiger partial charge >= 0.3 is 11.8 Å². The highest BCUT2D eigenvalue weighted by molar-refractivity contribution is 5.82. The lowest BCUT2D eigenvalue weighted by atomic mass is 10.1. The number of aryl methyl sites for hydroxylation is 1. The number of carbonyl (C=O) groups excluding carboxylic acids is 2. The van der Waals surface area contributed by atoms with Crippen molar-refractivity contribution in [3.05, 3.63) is 34.3 Å². The highest BCUT2D eigenvalue weighted by Gasteiger charge is 2.24. The fourth-order valence-corrected chi connectivity index (χ4v) is 3.07. The molecule has 3 amide bonds. The number of nitrogens with one attached hydrogen (secondary N) is 1. The van der Waals surface area contributed by atoms with Crippen LogP contribution in [0.3, 0.4) is 0 Å². The topological polar surface area (TPSA) is 87.8 Å². The maximum absolute atomic E-state index is 12.6. The quantitative estimate of drug-likeness (QED) is 0.882. The summed E-state index contributed by atoms with van der Waals surface area (Å²) in [6.07, 6.45) is 0.257. The summed E-state index contributed by atoms with van der Waals surface area (Å²) in [5.41, 5.74) is 2.02. The molecule has 26 heavy (non-hydrogen) atoms. The smallest absolute Gasteiger partial charge is 0.408 e. The molecular weight excluding hydrogens is 336 g/mol. The minimum absolute atomic E-state index is 0.0155. The van der Waals surface area contributed by atoms with Crippen LogP contribution in [0.5, 0.6) is 0 Å². The normalized spacial score (nSPS) is 14.9. The number of fused-ring (bicyclic) bond motifs is 1. The van der Waals surface area contributed by atoms with Gasteiger partial charge in [0.1, 0.15) is 0 Å². The van der Waals surface area contributed by atoms with Gasteiger partial charge in [0.25, 0.3) is 0 Å². The third kappa shape index (κ3) is 3.74. The Morgan fingerprint density at radius 1 is 1.15 bits per heavy atom. The number of oxazole rings is 1. The number of aromatic nitrogens is 1. The summed E-state index contributed by atoms with van der Waals surface area (Å²) in [6, 6.07) is 5.34. The first-order valence-electron chi connectivity index (χ1n) is 8.77. The van der Waals surface area contributed by atoms with E-state index in [2.05, 4.69) is 5.32 Å². The van der Waals surface area contributed by atoms with Crippen molar-refractivity contribution >= 4 is 23.0 Å². The summed E-state index contributed by atoms with van der Waals surface area (Å²) in [6.45, 7) is 5.95. The third-order valence-electron chi connectivity index (χ3n) is 4.54. The van der Waals surface area contributed by atoms with Crippen molar-refractivity contribution in [3.63, 3.8) is 0 Å². The van der Waals surface area contributed by atoms with Gasteiger partial charge in [-0.05, 0) is 31.5 Å². The summed E-state index contributed by atoms with van der Waals surface area (Å²) in [5, 5.41) is 2.87. The molecular formula is C18H24N4O4. The highest BCUT2D eigenvalue weighted by atomic mass is 16.4. The minimum Gasteiger partial charge on any atom is -0.408 e. The molecule has 0 aliphatic carbocycles. The lowest BCUT2D eigenvalue weighted by molar-refractivity contribution is -0.131. The molecule has 1 fully saturated rings. The summed E-state index contributed by atoms with van der Waals surface area (Å²) in [7, 11) is 1.64. The molecule has 8 nitrogen and oxygen atoms in total. The van der Waals surface area contributed by atoms with E-state index in [9.17, 15) is 14.4 Å². The van der Waals surface area contributed by atoms with Gasteiger partial charge in [0, 0.05) is 39.3 Å². The molecule has 1 aromatic heterocycles. The lowest BCUT2D eigenvalue weighted by Gasteiger charge is -2.35. The van der Waals surface area contributed by atoms with Gasteiger partial charge in [-0.2, -0.15) is 0 Å². The van der Waals surface area contributed by atoms with E-state index in [0.717, 1.165) is 5.56 Å². The molecule has 0 unspecified atom stereocenters. The molecule has 3 rings (SSSR count). The van der Waals surface area contributed by atoms with Crippen LogP contribution in [0.15, 0.2) is 27.4 Å². The standard InChI is InChI=1S/C18H24N4O4/c1-12(2)19-17(24)22-8-6-21(7-9-22)16(23)11-13-4-5-15-14(10-13)20(3)18(25)26-15/h4-5,10,12H,6-9,11H2,1-3H3,(H,19,24). The molecule has 1 aromatic carbocycles. The Hall–Kier alpha value is -2.77. The van der Waals surface area contributed by atoms with Crippen LogP contribution in [0.25, 0.3) is 11.1 Å². The molecule has 2 heterocycles. The largest absolute Gasteiger partial charge is 0.419 e. The molecule has 2 aromatic rings. The minimum atomic E-state index is -0.417. The maximum atomic E-state index is 12.6. The van der Waals surface area contributed by atoms with E-state index in [0.29, 0.717) is 37.3 Å². The van der Waals surface area contributed by atoms with Crippen LogP contribution in [0.2, 0.25) is 0 Å². The number of nitrogens with zero attached hydrogens (tertiary/aromatic N) is 3. The van der Waals surface area contributed by atoms with Crippen LogP contribution in [0.1, 0.15) is 19.4 Å². The second-order valence-corrected chi connectivity index (χ2v) is 6.88. The first kappa shape index (κ1) is 18.0. The monoisotopic (exact) mass is 360 g/mol. The predicted octanol–water partition coefficient (Wildman–Crippen LogP) is 0.936. The van der Waals surface area contributed by atoms with Crippen molar-refractivity contribution in [3.8, 4) is 0 Å². The summed E-state index contributed by atoms with van der Waals surface area (Å²) >= 11 is 0. The van der Waals surface area contributed by atoms with E-state index in [1.807, 2.05) is 19.9 Å². The van der Waals surface area contributed by atoms with Gasteiger partial charge in [0.05, 0.1) is 11.9 Å². The molecule has 0 radical (unpaired) electrons.